The number of halogens is 1. The van der Waals surface area contributed by atoms with Gasteiger partial charge in [-0.3, -0.25) is 4.79 Å². The zero-order valence-corrected chi connectivity index (χ0v) is 13.0. The number of carboxylic acids is 1. The molecule has 0 heterocycles. The van der Waals surface area contributed by atoms with E-state index in [1.165, 1.54) is 0 Å². The average molecular weight is 300 g/mol. The maximum atomic E-state index is 10.6. The van der Waals surface area contributed by atoms with Gasteiger partial charge in [0.15, 0.2) is 0 Å². The van der Waals surface area contributed by atoms with E-state index in [4.69, 9.17) is 21.4 Å². The first kappa shape index (κ1) is 16.8. The number of nitrogens with zero attached hydrogens (tertiary/aromatic N) is 1. The van der Waals surface area contributed by atoms with Gasteiger partial charge in [0.25, 0.3) is 0 Å². The molecule has 1 rings (SSSR count). The zero-order valence-electron chi connectivity index (χ0n) is 12.2. The molecular formula is C15H22ClNO3. The van der Waals surface area contributed by atoms with E-state index in [2.05, 4.69) is 0 Å². The van der Waals surface area contributed by atoms with Crippen LogP contribution in [0.15, 0.2) is 18.2 Å². The minimum atomic E-state index is -0.798. The minimum absolute atomic E-state index is 0.117. The van der Waals surface area contributed by atoms with Crippen molar-refractivity contribution in [2.45, 2.75) is 25.6 Å². The monoisotopic (exact) mass is 299 g/mol. The molecule has 1 aromatic carbocycles. The van der Waals surface area contributed by atoms with Crippen molar-refractivity contribution in [1.82, 2.24) is 4.90 Å². The Balaban J connectivity index is 2.72. The van der Waals surface area contributed by atoms with Crippen molar-refractivity contribution in [3.8, 4) is 5.75 Å². The van der Waals surface area contributed by atoms with Crippen LogP contribution >= 0.6 is 11.6 Å². The Bertz CT molecular complexity index is 451. The quantitative estimate of drug-likeness (QED) is 0.750. The third kappa shape index (κ3) is 5.39. The molecule has 112 valence electrons. The molecule has 5 heteroatoms. The molecule has 1 unspecified atom stereocenters. The van der Waals surface area contributed by atoms with Gasteiger partial charge in [0, 0.05) is 18.7 Å². The number of benzene rings is 1. The van der Waals surface area contributed by atoms with Gasteiger partial charge < -0.3 is 14.7 Å². The molecule has 0 radical (unpaired) electrons. The number of ether oxygens (including phenoxy) is 1. The van der Waals surface area contributed by atoms with Crippen molar-refractivity contribution >= 4 is 17.6 Å². The van der Waals surface area contributed by atoms with E-state index in [0.29, 0.717) is 19.7 Å². The summed E-state index contributed by atoms with van der Waals surface area (Å²) in [5.41, 5.74) is 2.08. The highest BCUT2D eigenvalue weighted by molar-refractivity contribution is 6.21. The molecule has 1 atom stereocenters. The molecule has 4 nitrogen and oxygen atoms in total. The number of carboxylic acid groups (broad SMARTS) is 1. The van der Waals surface area contributed by atoms with Crippen LogP contribution in [0.25, 0.3) is 0 Å². The maximum Gasteiger partial charge on any atom is 0.304 e. The van der Waals surface area contributed by atoms with Crippen molar-refractivity contribution in [2.75, 3.05) is 26.7 Å². The smallest absolute Gasteiger partial charge is 0.304 e. The van der Waals surface area contributed by atoms with Crippen LogP contribution < -0.4 is 4.74 Å². The maximum absolute atomic E-state index is 10.6. The second-order valence-corrected chi connectivity index (χ2v) is 5.37. The molecule has 0 aliphatic carbocycles. The molecule has 0 spiro atoms. The highest BCUT2D eigenvalue weighted by Crippen LogP contribution is 2.31. The fourth-order valence-corrected chi connectivity index (χ4v) is 2.36. The predicted octanol–water partition coefficient (Wildman–Crippen LogP) is 3.08. The molecule has 0 amide bonds. The van der Waals surface area contributed by atoms with Gasteiger partial charge >= 0.3 is 5.97 Å². The average Bonchev–Trinajstić information content (AvgIpc) is 2.38. The third-order valence-corrected chi connectivity index (χ3v) is 3.36. The van der Waals surface area contributed by atoms with Crippen LogP contribution in [0.5, 0.6) is 5.75 Å². The first-order valence-corrected chi connectivity index (χ1v) is 7.15. The van der Waals surface area contributed by atoms with Gasteiger partial charge in [0.05, 0.1) is 18.4 Å². The van der Waals surface area contributed by atoms with Gasteiger partial charge in [-0.1, -0.05) is 17.7 Å². The fraction of sp³-hybridized carbons (Fsp3) is 0.533. The van der Waals surface area contributed by atoms with E-state index >= 15 is 0 Å². The van der Waals surface area contributed by atoms with Crippen molar-refractivity contribution in [3.05, 3.63) is 29.3 Å². The number of rotatable bonds is 8. The van der Waals surface area contributed by atoms with Crippen molar-refractivity contribution in [3.63, 3.8) is 0 Å². The van der Waals surface area contributed by atoms with Crippen molar-refractivity contribution in [1.29, 1.82) is 0 Å². The number of hydrogen-bond acceptors (Lipinski definition) is 3. The fourth-order valence-electron chi connectivity index (χ4n) is 1.95. The number of carbonyl (C=O) groups is 1. The van der Waals surface area contributed by atoms with E-state index in [9.17, 15) is 4.79 Å². The summed E-state index contributed by atoms with van der Waals surface area (Å²) in [5, 5.41) is 8.46. The molecule has 1 aromatic rings. The van der Waals surface area contributed by atoms with E-state index in [-0.39, 0.29) is 11.8 Å². The molecule has 0 saturated carbocycles. The van der Waals surface area contributed by atoms with Crippen LogP contribution in [-0.2, 0) is 4.79 Å². The largest absolute Gasteiger partial charge is 0.494 e. The Kier molecular flexibility index (Phi) is 6.82. The van der Waals surface area contributed by atoms with Gasteiger partial charge in [-0.2, -0.15) is 0 Å². The number of hydrogen-bond donors (Lipinski definition) is 1. The van der Waals surface area contributed by atoms with Gasteiger partial charge in [-0.15, -0.1) is 11.6 Å². The number of aliphatic carboxylic acids is 1. The number of likely N-dealkylation sites (N-methyl/N-ethyl adjacent to an activating group) is 1. The number of aryl methyl sites for hydroxylation is 1. The van der Waals surface area contributed by atoms with Gasteiger partial charge in [-0.25, -0.2) is 0 Å². The van der Waals surface area contributed by atoms with Crippen molar-refractivity contribution < 1.29 is 14.6 Å². The SMILES string of the molecule is CCOc1ccc(C)cc1C(Cl)CN(C)CCC(=O)O. The zero-order chi connectivity index (χ0) is 15.1. The van der Waals surface area contributed by atoms with Crippen LogP contribution in [0.4, 0.5) is 0 Å². The minimum Gasteiger partial charge on any atom is -0.494 e. The highest BCUT2D eigenvalue weighted by atomic mass is 35.5. The van der Waals surface area contributed by atoms with E-state index in [1.54, 1.807) is 0 Å². The lowest BCUT2D eigenvalue weighted by Crippen LogP contribution is -2.25. The standard InChI is InChI=1S/C15H22ClNO3/c1-4-20-14-6-5-11(2)9-12(14)13(16)10-17(3)8-7-15(18)19/h5-6,9,13H,4,7-8,10H2,1-3H3,(H,18,19). The molecule has 0 bridgehead atoms. The molecule has 1 N–H and O–H groups in total. The van der Waals surface area contributed by atoms with E-state index in [1.807, 2.05) is 44.0 Å². The third-order valence-electron chi connectivity index (χ3n) is 2.98. The summed E-state index contributed by atoms with van der Waals surface area (Å²) >= 11 is 6.46. The van der Waals surface area contributed by atoms with Crippen LogP contribution in [0.1, 0.15) is 29.8 Å². The summed E-state index contributed by atoms with van der Waals surface area (Å²) in [4.78, 5) is 12.5. The van der Waals surface area contributed by atoms with Crippen LogP contribution in [0.2, 0.25) is 0 Å². The van der Waals surface area contributed by atoms with Gasteiger partial charge in [-0.05, 0) is 27.0 Å². The second kappa shape index (κ2) is 8.12. The summed E-state index contributed by atoms with van der Waals surface area (Å²) < 4.78 is 5.60. The first-order valence-electron chi connectivity index (χ1n) is 6.71. The molecule has 20 heavy (non-hydrogen) atoms. The molecule has 0 fully saturated rings. The molecule has 0 aromatic heterocycles. The summed E-state index contributed by atoms with van der Waals surface area (Å²) in [6.45, 7) is 5.60. The van der Waals surface area contributed by atoms with E-state index in [0.717, 1.165) is 16.9 Å². The Hall–Kier alpha value is -1.26. The molecule has 0 aliphatic rings. The lowest BCUT2D eigenvalue weighted by molar-refractivity contribution is -0.137. The molecule has 0 aliphatic heterocycles. The first-order chi connectivity index (χ1) is 9.43. The van der Waals surface area contributed by atoms with Crippen molar-refractivity contribution in [2.24, 2.45) is 0 Å². The Labute approximate surface area is 125 Å². The Morgan fingerprint density at radius 1 is 1.50 bits per heavy atom. The van der Waals surface area contributed by atoms with Gasteiger partial charge in [0.2, 0.25) is 0 Å². The van der Waals surface area contributed by atoms with Crippen LogP contribution in [0, 0.1) is 6.92 Å². The normalized spacial score (nSPS) is 12.4. The lowest BCUT2D eigenvalue weighted by atomic mass is 10.1. The number of alkyl halides is 1. The molecule has 0 saturated heterocycles. The van der Waals surface area contributed by atoms with E-state index < -0.39 is 5.97 Å². The summed E-state index contributed by atoms with van der Waals surface area (Å²) in [7, 11) is 1.87. The highest BCUT2D eigenvalue weighted by Gasteiger charge is 2.16. The summed E-state index contributed by atoms with van der Waals surface area (Å²) in [5.74, 6) is -0.00160. The van der Waals surface area contributed by atoms with Gasteiger partial charge in [0.1, 0.15) is 5.75 Å². The summed E-state index contributed by atoms with van der Waals surface area (Å²) in [6.07, 6.45) is 0.117. The van der Waals surface area contributed by atoms with Crippen LogP contribution in [0.3, 0.4) is 0 Å². The lowest BCUT2D eigenvalue weighted by Gasteiger charge is -2.21. The molecular weight excluding hydrogens is 278 g/mol. The Morgan fingerprint density at radius 3 is 2.80 bits per heavy atom. The summed E-state index contributed by atoms with van der Waals surface area (Å²) in [6, 6.07) is 5.95. The van der Waals surface area contributed by atoms with Crippen LogP contribution in [-0.4, -0.2) is 42.7 Å². The second-order valence-electron chi connectivity index (χ2n) is 4.85. The Morgan fingerprint density at radius 2 is 2.20 bits per heavy atom. The predicted molar refractivity (Wildman–Crippen MR) is 80.7 cm³/mol. The topological polar surface area (TPSA) is 49.8 Å².